The van der Waals surface area contributed by atoms with E-state index >= 15 is 0 Å². The van der Waals surface area contributed by atoms with E-state index in [4.69, 9.17) is 10.2 Å². The number of alkyl halides is 3. The minimum absolute atomic E-state index is 0.0420. The Hall–Kier alpha value is -3.23. The molecule has 0 saturated carbocycles. The predicted octanol–water partition coefficient (Wildman–Crippen LogP) is 6.19. The van der Waals surface area contributed by atoms with Crippen molar-refractivity contribution in [3.05, 3.63) is 75.8 Å². The third-order valence-electron chi connectivity index (χ3n) is 5.35. The molecule has 0 bridgehead atoms. The summed E-state index contributed by atoms with van der Waals surface area (Å²) in [5.41, 5.74) is 3.30. The van der Waals surface area contributed by atoms with Crippen molar-refractivity contribution >= 4 is 34.3 Å². The molecule has 6 nitrogen and oxygen atoms in total. The Morgan fingerprint density at radius 1 is 1.14 bits per heavy atom. The number of aromatic nitrogens is 1. The van der Waals surface area contributed by atoms with Gasteiger partial charge in [0.1, 0.15) is 5.75 Å². The van der Waals surface area contributed by atoms with Gasteiger partial charge in [-0.1, -0.05) is 43.1 Å². The number of halogens is 3. The Morgan fingerprint density at radius 2 is 1.81 bits per heavy atom. The van der Waals surface area contributed by atoms with Gasteiger partial charge in [-0.15, -0.1) is 24.5 Å². The summed E-state index contributed by atoms with van der Waals surface area (Å²) in [5, 5.41) is 9.81. The molecule has 3 rings (SSSR count). The van der Waals surface area contributed by atoms with Crippen molar-refractivity contribution in [3.63, 3.8) is 0 Å². The first-order valence-electron chi connectivity index (χ1n) is 11.6. The summed E-state index contributed by atoms with van der Waals surface area (Å²) in [7, 11) is 0. The Labute approximate surface area is 222 Å². The average molecular weight is 549 g/mol. The van der Waals surface area contributed by atoms with Gasteiger partial charge in [0, 0.05) is 30.1 Å². The van der Waals surface area contributed by atoms with Crippen LogP contribution in [-0.2, 0) is 24.2 Å². The number of nitrogens with one attached hydrogen (secondary N) is 1. The summed E-state index contributed by atoms with van der Waals surface area (Å²) in [5.74, 6) is 0.482. The molecule has 0 radical (unpaired) electrons. The highest BCUT2D eigenvalue weighted by molar-refractivity contribution is 7.97. The van der Waals surface area contributed by atoms with Crippen LogP contribution in [0.4, 0.5) is 18.3 Å². The molecule has 0 atom stereocenters. The smallest absolute Gasteiger partial charge is 0.406 e. The first kappa shape index (κ1) is 28.3. The Balaban J connectivity index is 1.76. The number of amides is 1. The number of nitrogens with zero attached hydrogens (tertiary/aromatic N) is 3. The van der Waals surface area contributed by atoms with E-state index in [-0.39, 0.29) is 11.7 Å². The standard InChI is InChI=1S/C26H27F3N4O2S2/c1-3-36-32-24(34)13-12-23-18(2)37-25(31-23)33(15-14-19-4-6-20(16-30)7-5-19)17-21-8-10-22(11-9-21)35-26(27,28)29/h4-11H,3,12-15,17H2,1-2H3,(H,32,34). The van der Waals surface area contributed by atoms with Gasteiger partial charge in [-0.25, -0.2) is 4.98 Å². The number of aryl methyl sites for hydroxylation is 2. The molecule has 1 N–H and O–H groups in total. The van der Waals surface area contributed by atoms with Crippen LogP contribution in [0.25, 0.3) is 0 Å². The van der Waals surface area contributed by atoms with E-state index in [1.165, 1.54) is 35.4 Å². The molecule has 196 valence electrons. The molecule has 37 heavy (non-hydrogen) atoms. The van der Waals surface area contributed by atoms with Gasteiger partial charge in [-0.05, 0) is 55.2 Å². The van der Waals surface area contributed by atoms with Crippen LogP contribution in [-0.4, -0.2) is 29.6 Å². The van der Waals surface area contributed by atoms with Crippen LogP contribution in [0.2, 0.25) is 0 Å². The second-order valence-corrected chi connectivity index (χ2v) is 10.4. The maximum Gasteiger partial charge on any atom is 0.573 e. The summed E-state index contributed by atoms with van der Waals surface area (Å²) in [6.45, 7) is 4.97. The van der Waals surface area contributed by atoms with E-state index in [1.54, 1.807) is 24.3 Å². The minimum atomic E-state index is -4.74. The van der Waals surface area contributed by atoms with Crippen molar-refractivity contribution in [2.45, 2.75) is 46.0 Å². The van der Waals surface area contributed by atoms with Crippen molar-refractivity contribution in [1.82, 2.24) is 9.71 Å². The highest BCUT2D eigenvalue weighted by Gasteiger charge is 2.31. The molecule has 1 amide bonds. The molecule has 0 aliphatic carbocycles. The SMILES string of the molecule is CCSNC(=O)CCc1nc(N(CCc2ccc(C#N)cc2)Cc2ccc(OC(F)(F)F)cc2)sc1C. The van der Waals surface area contributed by atoms with Gasteiger partial charge in [-0.3, -0.25) is 4.79 Å². The van der Waals surface area contributed by atoms with Crippen LogP contribution >= 0.6 is 23.3 Å². The first-order chi connectivity index (χ1) is 17.7. The maximum absolute atomic E-state index is 12.5. The van der Waals surface area contributed by atoms with Gasteiger partial charge in [0.2, 0.25) is 5.91 Å². The largest absolute Gasteiger partial charge is 0.573 e. The lowest BCUT2D eigenvalue weighted by molar-refractivity contribution is -0.274. The Bertz CT molecular complexity index is 1210. The van der Waals surface area contributed by atoms with Gasteiger partial charge in [-0.2, -0.15) is 5.26 Å². The zero-order chi connectivity index (χ0) is 26.8. The van der Waals surface area contributed by atoms with E-state index < -0.39 is 6.36 Å². The van der Waals surface area contributed by atoms with Gasteiger partial charge >= 0.3 is 6.36 Å². The molecule has 0 aliphatic rings. The first-order valence-corrected chi connectivity index (χ1v) is 13.4. The van der Waals surface area contributed by atoms with Crippen LogP contribution in [0.3, 0.4) is 0 Å². The maximum atomic E-state index is 12.5. The van der Waals surface area contributed by atoms with Crippen LogP contribution in [0.1, 0.15) is 40.6 Å². The van der Waals surface area contributed by atoms with Gasteiger partial charge in [0.15, 0.2) is 5.13 Å². The fourth-order valence-electron chi connectivity index (χ4n) is 3.48. The summed E-state index contributed by atoms with van der Waals surface area (Å²) in [6.07, 6.45) is -3.20. The third kappa shape index (κ3) is 9.30. The molecule has 3 aromatic rings. The summed E-state index contributed by atoms with van der Waals surface area (Å²) < 4.78 is 44.3. The molecule has 11 heteroatoms. The topological polar surface area (TPSA) is 78.3 Å². The molecule has 0 unspecified atom stereocenters. The number of carbonyl (C=O) groups excluding carboxylic acids is 1. The molecular formula is C26H27F3N4O2S2. The minimum Gasteiger partial charge on any atom is -0.406 e. The number of carbonyl (C=O) groups is 1. The molecule has 0 fully saturated rings. The number of nitriles is 1. The quantitative estimate of drug-likeness (QED) is 0.272. The number of thiazole rings is 1. The molecule has 1 aromatic heterocycles. The number of anilines is 1. The van der Waals surface area contributed by atoms with Crippen LogP contribution in [0.15, 0.2) is 48.5 Å². The fourth-order valence-corrected chi connectivity index (χ4v) is 4.87. The zero-order valence-corrected chi connectivity index (χ0v) is 22.1. The van der Waals surface area contributed by atoms with Crippen LogP contribution < -0.4 is 14.4 Å². The number of benzene rings is 2. The monoisotopic (exact) mass is 548 g/mol. The van der Waals surface area contributed by atoms with E-state index in [0.717, 1.165) is 32.6 Å². The highest BCUT2D eigenvalue weighted by atomic mass is 32.2. The number of hydrogen-bond acceptors (Lipinski definition) is 7. The molecule has 2 aromatic carbocycles. The van der Waals surface area contributed by atoms with Gasteiger partial charge < -0.3 is 14.4 Å². The lowest BCUT2D eigenvalue weighted by Crippen LogP contribution is -2.25. The molecule has 0 saturated heterocycles. The van der Waals surface area contributed by atoms with E-state index in [9.17, 15) is 18.0 Å². The molecule has 0 spiro atoms. The summed E-state index contributed by atoms with van der Waals surface area (Å²) in [4.78, 5) is 19.9. The van der Waals surface area contributed by atoms with Gasteiger partial charge in [0.25, 0.3) is 0 Å². The van der Waals surface area contributed by atoms with Crippen molar-refractivity contribution in [1.29, 1.82) is 5.26 Å². The average Bonchev–Trinajstić information content (AvgIpc) is 3.24. The Morgan fingerprint density at radius 3 is 2.43 bits per heavy atom. The number of hydrogen-bond donors (Lipinski definition) is 1. The number of rotatable bonds is 12. The van der Waals surface area contributed by atoms with Crippen LogP contribution in [0, 0.1) is 18.3 Å². The van der Waals surface area contributed by atoms with Gasteiger partial charge in [0.05, 0.1) is 17.3 Å². The van der Waals surface area contributed by atoms with Crippen molar-refractivity contribution in [2.24, 2.45) is 0 Å². The van der Waals surface area contributed by atoms with Crippen molar-refractivity contribution in [2.75, 3.05) is 17.2 Å². The summed E-state index contributed by atoms with van der Waals surface area (Å²) in [6, 6.07) is 15.3. The molecule has 1 heterocycles. The van der Waals surface area contributed by atoms with E-state index in [2.05, 4.69) is 20.4 Å². The third-order valence-corrected chi connectivity index (χ3v) is 7.09. The predicted molar refractivity (Wildman–Crippen MR) is 140 cm³/mol. The second-order valence-electron chi connectivity index (χ2n) is 8.13. The fraction of sp³-hybridized carbons (Fsp3) is 0.346. The highest BCUT2D eigenvalue weighted by Crippen LogP contribution is 2.29. The lowest BCUT2D eigenvalue weighted by atomic mass is 10.1. The molecular weight excluding hydrogens is 521 g/mol. The summed E-state index contributed by atoms with van der Waals surface area (Å²) >= 11 is 2.89. The molecule has 0 aliphatic heterocycles. The normalized spacial score (nSPS) is 11.1. The Kier molecular flexibility index (Phi) is 10.2. The lowest BCUT2D eigenvalue weighted by Gasteiger charge is -2.22. The zero-order valence-electron chi connectivity index (χ0n) is 20.5. The van der Waals surface area contributed by atoms with Crippen molar-refractivity contribution < 1.29 is 22.7 Å². The van der Waals surface area contributed by atoms with Crippen LogP contribution in [0.5, 0.6) is 5.75 Å². The second kappa shape index (κ2) is 13.4. The number of ether oxygens (including phenoxy) is 1. The van der Waals surface area contributed by atoms with Crippen molar-refractivity contribution in [3.8, 4) is 11.8 Å². The van der Waals surface area contributed by atoms with E-state index in [1.807, 2.05) is 26.0 Å². The van der Waals surface area contributed by atoms with E-state index in [0.29, 0.717) is 37.9 Å².